The lowest BCUT2D eigenvalue weighted by Gasteiger charge is -2.43. The summed E-state index contributed by atoms with van der Waals surface area (Å²) >= 11 is 0. The molecule has 2 fully saturated rings. The Morgan fingerprint density at radius 3 is 1.43 bits per heavy atom. The molecule has 0 radical (unpaired) electrons. The summed E-state index contributed by atoms with van der Waals surface area (Å²) in [5.41, 5.74) is 0. The summed E-state index contributed by atoms with van der Waals surface area (Å²) in [6.45, 7) is 2.63. The van der Waals surface area contributed by atoms with Crippen LogP contribution in [0.2, 0.25) is 0 Å². The number of aliphatic hydroxyl groups is 10. The van der Waals surface area contributed by atoms with Crippen molar-refractivity contribution >= 4 is 5.91 Å². The van der Waals surface area contributed by atoms with Gasteiger partial charge in [0.05, 0.1) is 32.0 Å². The van der Waals surface area contributed by atoms with Crippen molar-refractivity contribution < 1.29 is 74.8 Å². The van der Waals surface area contributed by atoms with Crippen LogP contribution in [0.25, 0.3) is 0 Å². The first-order valence-electron chi connectivity index (χ1n) is 26.6. The molecule has 0 bridgehead atoms. The summed E-state index contributed by atoms with van der Waals surface area (Å²) in [5.74, 6) is -0.775. The van der Waals surface area contributed by atoms with Crippen LogP contribution < -0.4 is 5.32 Å². The lowest BCUT2D eigenvalue weighted by molar-refractivity contribution is -0.331. The fraction of sp³-hybridized carbons (Fsp3) is 0.941. The maximum absolute atomic E-state index is 13.3. The Morgan fingerprint density at radius 2 is 0.955 bits per heavy atom. The second-order valence-corrected chi connectivity index (χ2v) is 19.3. The number of nitrogens with one attached hydrogen (secondary N) is 1. The molecule has 0 spiro atoms. The predicted octanol–water partition coefficient (Wildman–Crippen LogP) is 5.10. The molecular weight excluding hydrogens is 867 g/mol. The molecule has 396 valence electrons. The molecule has 1 amide bonds. The molecule has 2 saturated heterocycles. The van der Waals surface area contributed by atoms with Crippen molar-refractivity contribution in [2.24, 2.45) is 0 Å². The van der Waals surface area contributed by atoms with Crippen LogP contribution in [0.15, 0.2) is 12.2 Å². The zero-order chi connectivity index (χ0) is 49.2. The van der Waals surface area contributed by atoms with E-state index in [1.54, 1.807) is 6.08 Å². The number of hydrogen-bond acceptors (Lipinski definition) is 15. The number of ether oxygens (including phenoxy) is 4. The van der Waals surface area contributed by atoms with E-state index in [9.17, 15) is 55.9 Å². The summed E-state index contributed by atoms with van der Waals surface area (Å²) in [7, 11) is 0. The van der Waals surface area contributed by atoms with Gasteiger partial charge in [-0.1, -0.05) is 187 Å². The molecule has 2 aliphatic heterocycles. The highest BCUT2D eigenvalue weighted by Gasteiger charge is 2.48. The second kappa shape index (κ2) is 38.3. The van der Waals surface area contributed by atoms with Crippen molar-refractivity contribution in [2.75, 3.05) is 19.8 Å². The van der Waals surface area contributed by atoms with Gasteiger partial charge in [0, 0.05) is 0 Å². The first kappa shape index (κ1) is 61.8. The normalized spacial score (nSPS) is 27.6. The molecule has 16 heteroatoms. The highest BCUT2D eigenvalue weighted by molar-refractivity contribution is 5.80. The van der Waals surface area contributed by atoms with Crippen LogP contribution in [0.4, 0.5) is 0 Å². The fourth-order valence-corrected chi connectivity index (χ4v) is 8.82. The molecule has 0 aromatic carbocycles. The van der Waals surface area contributed by atoms with Gasteiger partial charge in [0.1, 0.15) is 61.0 Å². The van der Waals surface area contributed by atoms with Gasteiger partial charge in [-0.25, -0.2) is 0 Å². The van der Waals surface area contributed by atoms with Gasteiger partial charge in [0.25, 0.3) is 0 Å². The average molecular weight is 964 g/mol. The number of aliphatic hydroxyl groups excluding tert-OH is 10. The number of carbonyl (C=O) groups excluding carboxylic acids is 1. The Morgan fingerprint density at radius 1 is 0.537 bits per heavy atom. The van der Waals surface area contributed by atoms with Crippen LogP contribution in [0.1, 0.15) is 200 Å². The minimum Gasteiger partial charge on any atom is -0.394 e. The van der Waals surface area contributed by atoms with Gasteiger partial charge in [0.15, 0.2) is 12.6 Å². The third kappa shape index (κ3) is 25.6. The molecule has 0 aliphatic carbocycles. The Bertz CT molecular complexity index is 1220. The van der Waals surface area contributed by atoms with E-state index < -0.39 is 111 Å². The van der Waals surface area contributed by atoms with Crippen molar-refractivity contribution in [3.05, 3.63) is 12.2 Å². The predicted molar refractivity (Wildman–Crippen MR) is 257 cm³/mol. The van der Waals surface area contributed by atoms with E-state index in [-0.39, 0.29) is 12.8 Å². The molecule has 0 aromatic heterocycles. The van der Waals surface area contributed by atoms with Gasteiger partial charge in [-0.05, 0) is 25.7 Å². The largest absolute Gasteiger partial charge is 0.394 e. The van der Waals surface area contributed by atoms with E-state index in [1.807, 2.05) is 6.08 Å². The first-order chi connectivity index (χ1) is 32.4. The molecule has 67 heavy (non-hydrogen) atoms. The zero-order valence-corrected chi connectivity index (χ0v) is 41.4. The molecule has 14 unspecified atom stereocenters. The van der Waals surface area contributed by atoms with Crippen LogP contribution in [0, 0.1) is 0 Å². The minimum absolute atomic E-state index is 0.0667. The van der Waals surface area contributed by atoms with Gasteiger partial charge in [0.2, 0.25) is 5.91 Å². The van der Waals surface area contributed by atoms with Gasteiger partial charge in [-0.3, -0.25) is 4.79 Å². The number of unbranched alkanes of at least 4 members (excludes halogenated alkanes) is 25. The van der Waals surface area contributed by atoms with Crippen LogP contribution in [0.5, 0.6) is 0 Å². The Balaban J connectivity index is 1.87. The van der Waals surface area contributed by atoms with Gasteiger partial charge >= 0.3 is 0 Å². The maximum atomic E-state index is 13.3. The number of rotatable bonds is 41. The number of carbonyl (C=O) groups is 1. The molecule has 2 heterocycles. The first-order valence-corrected chi connectivity index (χ1v) is 26.6. The smallest absolute Gasteiger partial charge is 0.249 e. The quantitative estimate of drug-likeness (QED) is 0.0281. The zero-order valence-electron chi connectivity index (χ0n) is 41.4. The maximum Gasteiger partial charge on any atom is 0.249 e. The van der Waals surface area contributed by atoms with Crippen LogP contribution >= 0.6 is 0 Å². The molecule has 0 saturated carbocycles. The Hall–Kier alpha value is -1.35. The van der Waals surface area contributed by atoms with Crippen LogP contribution in [-0.4, -0.2) is 163 Å². The lowest BCUT2D eigenvalue weighted by atomic mass is 9.98. The van der Waals surface area contributed by atoms with E-state index in [0.29, 0.717) is 6.42 Å². The average Bonchev–Trinajstić information content (AvgIpc) is 3.32. The summed E-state index contributed by atoms with van der Waals surface area (Å²) in [5, 5.41) is 108. The summed E-state index contributed by atoms with van der Waals surface area (Å²) < 4.78 is 22.3. The molecule has 11 N–H and O–H groups in total. The van der Waals surface area contributed by atoms with E-state index in [2.05, 4.69) is 19.2 Å². The third-order valence-corrected chi connectivity index (χ3v) is 13.4. The molecule has 2 rings (SSSR count). The van der Waals surface area contributed by atoms with Gasteiger partial charge in [-0.15, -0.1) is 0 Å². The van der Waals surface area contributed by atoms with Gasteiger partial charge < -0.3 is 75.3 Å². The van der Waals surface area contributed by atoms with Crippen molar-refractivity contribution in [2.45, 2.75) is 286 Å². The minimum atomic E-state index is -1.83. The highest BCUT2D eigenvalue weighted by atomic mass is 16.7. The van der Waals surface area contributed by atoms with Crippen LogP contribution in [-0.2, 0) is 23.7 Å². The van der Waals surface area contributed by atoms with Crippen LogP contribution in [0.3, 0.4) is 0 Å². The van der Waals surface area contributed by atoms with Crippen molar-refractivity contribution in [3.8, 4) is 0 Å². The monoisotopic (exact) mass is 964 g/mol. The van der Waals surface area contributed by atoms with E-state index in [4.69, 9.17) is 18.9 Å². The highest BCUT2D eigenvalue weighted by Crippen LogP contribution is 2.27. The van der Waals surface area contributed by atoms with Crippen molar-refractivity contribution in [3.63, 3.8) is 0 Å². The topological polar surface area (TPSA) is 268 Å². The van der Waals surface area contributed by atoms with E-state index in [1.165, 1.54) is 128 Å². The lowest BCUT2D eigenvalue weighted by Crippen LogP contribution is -2.62. The summed E-state index contributed by atoms with van der Waals surface area (Å²) in [4.78, 5) is 13.3. The second-order valence-electron chi connectivity index (χ2n) is 19.3. The SMILES string of the molecule is CCCCCCCCCCC=CCC(O)C(O)C(COC1OC(COC2OC(CO)C(O)C(O)C2O)C(O)C(O)C1O)NC(=O)C(O)CCCCCCCCCCCCCCCCCCCC. The number of hydrogen-bond donors (Lipinski definition) is 11. The fourth-order valence-electron chi connectivity index (χ4n) is 8.82. The van der Waals surface area contributed by atoms with E-state index in [0.717, 1.165) is 38.5 Å². The molecule has 0 aromatic rings. The number of allylic oxidation sites excluding steroid dienone is 1. The molecular formula is C51H97NO15. The van der Waals surface area contributed by atoms with E-state index >= 15 is 0 Å². The summed E-state index contributed by atoms with van der Waals surface area (Å²) in [6, 6.07) is -1.30. The molecule has 14 atom stereocenters. The summed E-state index contributed by atoms with van der Waals surface area (Å²) in [6.07, 6.45) is 15.7. The van der Waals surface area contributed by atoms with Crippen molar-refractivity contribution in [1.82, 2.24) is 5.32 Å². The van der Waals surface area contributed by atoms with Gasteiger partial charge in [-0.2, -0.15) is 0 Å². The molecule has 16 nitrogen and oxygen atoms in total. The van der Waals surface area contributed by atoms with Crippen molar-refractivity contribution in [1.29, 1.82) is 0 Å². The Labute approximate surface area is 402 Å². The Kier molecular flexibility index (Phi) is 35.3. The third-order valence-electron chi connectivity index (χ3n) is 13.4. The number of amides is 1. The standard InChI is InChI=1S/C51H97NO15/c1-3-5-7-9-11-13-15-16-17-18-19-20-21-23-25-27-29-31-33-39(55)49(63)52-37(42(56)38(54)32-30-28-26-24-22-14-12-10-8-6-4-2)35-64-50-48(62)46(60)44(58)41(67-50)36-65-51-47(61)45(59)43(57)40(34-53)66-51/h28,30,37-48,50-51,53-62H,3-27,29,31-36H2,1-2H3,(H,52,63). The molecule has 2 aliphatic rings.